The molecular weight excluding hydrogens is 358 g/mol. The molecule has 0 bridgehead atoms. The third kappa shape index (κ3) is 4.19. The van der Waals surface area contributed by atoms with Crippen LogP contribution in [0.4, 0.5) is 23.1 Å². The van der Waals surface area contributed by atoms with E-state index >= 15 is 0 Å². The minimum Gasteiger partial charge on any atom is -0.372 e. The van der Waals surface area contributed by atoms with E-state index < -0.39 is 0 Å². The van der Waals surface area contributed by atoms with Gasteiger partial charge in [-0.05, 0) is 68.1 Å². The highest BCUT2D eigenvalue weighted by molar-refractivity contribution is 5.65. The molecule has 0 saturated carbocycles. The lowest BCUT2D eigenvalue weighted by molar-refractivity contribution is 0.708. The van der Waals surface area contributed by atoms with Gasteiger partial charge in [0, 0.05) is 43.8 Å². The number of rotatable bonds is 6. The van der Waals surface area contributed by atoms with Crippen LogP contribution in [0.5, 0.6) is 0 Å². The average molecular weight is 388 g/mol. The topological polar surface area (TPSA) is 44.3 Å². The van der Waals surface area contributed by atoms with Crippen LogP contribution in [0.25, 0.3) is 0 Å². The summed E-state index contributed by atoms with van der Waals surface area (Å²) in [5.41, 5.74) is 6.34. The zero-order valence-corrected chi connectivity index (χ0v) is 17.5. The standard InChI is InChI=1S/C24H29N5/c1-4-28(5-2)21-10-11-22(18(3)16-21)26-23-12-14-25-24(27-23)29-15-13-19-8-6-7-9-20(19)17-29/h6-12,14,16H,4-5,13,15,17H2,1-3H3,(H,25,26,27). The van der Waals surface area contributed by atoms with Crippen molar-refractivity contribution >= 4 is 23.1 Å². The van der Waals surface area contributed by atoms with Crippen LogP contribution in [0.15, 0.2) is 54.7 Å². The minimum atomic E-state index is 0.780. The van der Waals surface area contributed by atoms with Gasteiger partial charge in [-0.1, -0.05) is 24.3 Å². The summed E-state index contributed by atoms with van der Waals surface area (Å²) in [7, 11) is 0. The summed E-state index contributed by atoms with van der Waals surface area (Å²) < 4.78 is 0. The normalized spacial score (nSPS) is 13.1. The van der Waals surface area contributed by atoms with Gasteiger partial charge in [-0.2, -0.15) is 4.98 Å². The van der Waals surface area contributed by atoms with Crippen molar-refractivity contribution < 1.29 is 0 Å². The fourth-order valence-corrected chi connectivity index (χ4v) is 3.95. The molecular formula is C24H29N5. The van der Waals surface area contributed by atoms with Crippen molar-refractivity contribution in [1.82, 2.24) is 9.97 Å². The molecule has 4 rings (SSSR count). The number of aryl methyl sites for hydroxylation is 1. The van der Waals surface area contributed by atoms with Gasteiger partial charge < -0.3 is 15.1 Å². The molecule has 1 aliphatic rings. The molecule has 0 fully saturated rings. The first-order chi connectivity index (χ1) is 14.2. The molecule has 2 heterocycles. The van der Waals surface area contributed by atoms with E-state index in [4.69, 9.17) is 4.98 Å². The van der Waals surface area contributed by atoms with Crippen LogP contribution in [0.2, 0.25) is 0 Å². The predicted molar refractivity (Wildman–Crippen MR) is 121 cm³/mol. The van der Waals surface area contributed by atoms with Gasteiger partial charge in [-0.15, -0.1) is 0 Å². The van der Waals surface area contributed by atoms with E-state index in [0.717, 1.165) is 50.1 Å². The average Bonchev–Trinajstić information content (AvgIpc) is 2.76. The molecule has 0 spiro atoms. The second-order valence-electron chi connectivity index (χ2n) is 7.48. The molecule has 2 aromatic carbocycles. The van der Waals surface area contributed by atoms with Gasteiger partial charge in [0.1, 0.15) is 5.82 Å². The maximum Gasteiger partial charge on any atom is 0.227 e. The molecule has 3 aromatic rings. The summed E-state index contributed by atoms with van der Waals surface area (Å²) in [5, 5.41) is 3.48. The fourth-order valence-electron chi connectivity index (χ4n) is 3.95. The molecule has 5 nitrogen and oxygen atoms in total. The Balaban J connectivity index is 1.51. The Morgan fingerprint density at radius 2 is 1.83 bits per heavy atom. The second kappa shape index (κ2) is 8.52. The third-order valence-corrected chi connectivity index (χ3v) is 5.66. The summed E-state index contributed by atoms with van der Waals surface area (Å²) in [6.45, 7) is 10.3. The van der Waals surface area contributed by atoms with Crippen molar-refractivity contribution in [1.29, 1.82) is 0 Å². The van der Waals surface area contributed by atoms with Crippen molar-refractivity contribution in [3.63, 3.8) is 0 Å². The number of anilines is 4. The Kier molecular flexibility index (Phi) is 5.65. The molecule has 1 aliphatic heterocycles. The Morgan fingerprint density at radius 3 is 2.59 bits per heavy atom. The first-order valence-electron chi connectivity index (χ1n) is 10.4. The first-order valence-corrected chi connectivity index (χ1v) is 10.4. The van der Waals surface area contributed by atoms with E-state index in [-0.39, 0.29) is 0 Å². The summed E-state index contributed by atoms with van der Waals surface area (Å²) in [5.74, 6) is 1.61. The molecule has 0 amide bonds. The van der Waals surface area contributed by atoms with Gasteiger partial charge in [-0.3, -0.25) is 0 Å². The largest absolute Gasteiger partial charge is 0.372 e. The monoisotopic (exact) mass is 387 g/mol. The summed E-state index contributed by atoms with van der Waals surface area (Å²) in [4.78, 5) is 13.9. The molecule has 0 aliphatic carbocycles. The Morgan fingerprint density at radius 1 is 1.03 bits per heavy atom. The van der Waals surface area contributed by atoms with Crippen molar-refractivity contribution in [2.45, 2.75) is 33.7 Å². The molecule has 1 aromatic heterocycles. The molecule has 29 heavy (non-hydrogen) atoms. The number of nitrogens with zero attached hydrogens (tertiary/aromatic N) is 4. The molecule has 1 N–H and O–H groups in total. The van der Waals surface area contributed by atoms with E-state index in [0.29, 0.717) is 0 Å². The molecule has 0 saturated heterocycles. The molecule has 0 unspecified atom stereocenters. The van der Waals surface area contributed by atoms with Crippen molar-refractivity contribution in [3.8, 4) is 0 Å². The van der Waals surface area contributed by atoms with Gasteiger partial charge in [0.25, 0.3) is 0 Å². The highest BCUT2D eigenvalue weighted by atomic mass is 15.3. The van der Waals surface area contributed by atoms with Gasteiger partial charge >= 0.3 is 0 Å². The lowest BCUT2D eigenvalue weighted by Crippen LogP contribution is -2.31. The number of benzene rings is 2. The van der Waals surface area contributed by atoms with Crippen LogP contribution in [-0.4, -0.2) is 29.6 Å². The second-order valence-corrected chi connectivity index (χ2v) is 7.48. The summed E-state index contributed by atoms with van der Waals surface area (Å²) >= 11 is 0. The highest BCUT2D eigenvalue weighted by Crippen LogP contribution is 2.26. The zero-order valence-electron chi connectivity index (χ0n) is 17.5. The first kappa shape index (κ1) is 19.2. The lowest BCUT2D eigenvalue weighted by Gasteiger charge is -2.29. The van der Waals surface area contributed by atoms with Crippen LogP contribution >= 0.6 is 0 Å². The summed E-state index contributed by atoms with van der Waals surface area (Å²) in [6.07, 6.45) is 2.87. The maximum atomic E-state index is 4.79. The van der Waals surface area contributed by atoms with Crippen molar-refractivity contribution in [2.75, 3.05) is 34.8 Å². The predicted octanol–water partition coefficient (Wildman–Crippen LogP) is 4.94. The van der Waals surface area contributed by atoms with E-state index in [9.17, 15) is 0 Å². The molecule has 5 heteroatoms. The highest BCUT2D eigenvalue weighted by Gasteiger charge is 2.18. The van der Waals surface area contributed by atoms with Crippen LogP contribution in [0.3, 0.4) is 0 Å². The number of nitrogens with one attached hydrogen (secondary N) is 1. The van der Waals surface area contributed by atoms with Crippen molar-refractivity contribution in [2.24, 2.45) is 0 Å². The van der Waals surface area contributed by atoms with E-state index in [2.05, 4.69) is 83.3 Å². The smallest absolute Gasteiger partial charge is 0.227 e. The molecule has 0 radical (unpaired) electrons. The SMILES string of the molecule is CCN(CC)c1ccc(Nc2ccnc(N3CCc4ccccc4C3)n2)c(C)c1. The van der Waals surface area contributed by atoms with Gasteiger partial charge in [0.15, 0.2) is 0 Å². The van der Waals surface area contributed by atoms with Gasteiger partial charge in [0.05, 0.1) is 0 Å². The number of fused-ring (bicyclic) bond motifs is 1. The third-order valence-electron chi connectivity index (χ3n) is 5.66. The van der Waals surface area contributed by atoms with Gasteiger partial charge in [-0.25, -0.2) is 4.98 Å². The summed E-state index contributed by atoms with van der Waals surface area (Å²) in [6, 6.07) is 17.1. The number of hydrogen-bond donors (Lipinski definition) is 1. The van der Waals surface area contributed by atoms with Crippen LogP contribution < -0.4 is 15.1 Å². The Hall–Kier alpha value is -3.08. The number of hydrogen-bond acceptors (Lipinski definition) is 5. The van der Waals surface area contributed by atoms with E-state index in [1.165, 1.54) is 22.4 Å². The van der Waals surface area contributed by atoms with E-state index in [1.807, 2.05) is 12.3 Å². The zero-order chi connectivity index (χ0) is 20.2. The van der Waals surface area contributed by atoms with Crippen LogP contribution in [-0.2, 0) is 13.0 Å². The fraction of sp³-hybridized carbons (Fsp3) is 0.333. The van der Waals surface area contributed by atoms with Crippen LogP contribution in [0, 0.1) is 6.92 Å². The molecule has 150 valence electrons. The Labute approximate surface area is 173 Å². The number of aromatic nitrogens is 2. The lowest BCUT2D eigenvalue weighted by atomic mass is 10.0. The van der Waals surface area contributed by atoms with E-state index in [1.54, 1.807) is 0 Å². The van der Waals surface area contributed by atoms with Crippen LogP contribution in [0.1, 0.15) is 30.5 Å². The molecule has 0 atom stereocenters. The maximum absolute atomic E-state index is 4.79. The quantitative estimate of drug-likeness (QED) is 0.649. The van der Waals surface area contributed by atoms with Crippen molar-refractivity contribution in [3.05, 3.63) is 71.4 Å². The van der Waals surface area contributed by atoms with Gasteiger partial charge in [0.2, 0.25) is 5.95 Å². The minimum absolute atomic E-state index is 0.780. The Bertz CT molecular complexity index is 981.